The molecule has 0 aliphatic carbocycles. The minimum absolute atomic E-state index is 0.0258. The summed E-state index contributed by atoms with van der Waals surface area (Å²) in [5, 5.41) is 6.08. The Labute approximate surface area is 168 Å². The van der Waals surface area contributed by atoms with Gasteiger partial charge in [0.2, 0.25) is 5.69 Å². The molecule has 1 aliphatic rings. The normalized spacial score (nSPS) is 15.4. The topological polar surface area (TPSA) is 15.0 Å². The molecule has 0 radical (unpaired) electrons. The Morgan fingerprint density at radius 1 is 0.929 bits per heavy atom. The number of rotatable bonds is 6. The van der Waals surface area contributed by atoms with Crippen LogP contribution in [0, 0.1) is 0 Å². The number of nitrogens with one attached hydrogen (secondary N) is 1. The molecule has 0 spiro atoms. The van der Waals surface area contributed by atoms with E-state index in [0.717, 1.165) is 12.2 Å². The van der Waals surface area contributed by atoms with Crippen molar-refractivity contribution in [3.05, 3.63) is 84.6 Å². The second-order valence-electron chi connectivity index (χ2n) is 8.04. The third-order valence-electron chi connectivity index (χ3n) is 5.78. The van der Waals surface area contributed by atoms with E-state index in [4.69, 9.17) is 0 Å². The first-order valence-electron chi connectivity index (χ1n) is 10.3. The minimum Gasteiger partial charge on any atom is -0.361 e. The number of hydrogen-bond acceptors (Lipinski definition) is 1. The standard InChI is InChI=1S/C26H28N2/c1-4-5-19-28-24(17-18-27-21-12-7-6-8-13-21)26(2,3)23-16-15-20-11-9-10-14-22(20)25(23)28/h6-18H,4-5,19H2,1-3H3/p+1. The molecule has 0 bridgehead atoms. The quantitative estimate of drug-likeness (QED) is 0.481. The summed E-state index contributed by atoms with van der Waals surface area (Å²) >= 11 is 0. The molecule has 3 aromatic carbocycles. The third-order valence-corrected chi connectivity index (χ3v) is 5.78. The molecule has 0 atom stereocenters. The average Bonchev–Trinajstić information content (AvgIpc) is 2.94. The van der Waals surface area contributed by atoms with Crippen molar-refractivity contribution >= 4 is 27.9 Å². The summed E-state index contributed by atoms with van der Waals surface area (Å²) in [6, 6.07) is 23.7. The Kier molecular flexibility index (Phi) is 5.04. The molecule has 1 aliphatic heterocycles. The fraction of sp³-hybridized carbons (Fsp3) is 0.269. The van der Waals surface area contributed by atoms with Crippen LogP contribution < -0.4 is 5.32 Å². The molecule has 3 aromatic rings. The van der Waals surface area contributed by atoms with E-state index in [2.05, 4.69) is 104 Å². The van der Waals surface area contributed by atoms with Crippen molar-refractivity contribution in [2.75, 3.05) is 11.9 Å². The number of para-hydroxylation sites is 1. The van der Waals surface area contributed by atoms with Crippen LogP contribution in [0.2, 0.25) is 0 Å². The van der Waals surface area contributed by atoms with Crippen molar-refractivity contribution < 1.29 is 4.58 Å². The van der Waals surface area contributed by atoms with Gasteiger partial charge < -0.3 is 5.32 Å². The van der Waals surface area contributed by atoms with Crippen LogP contribution in [0.5, 0.6) is 0 Å². The fourth-order valence-electron chi connectivity index (χ4n) is 4.24. The van der Waals surface area contributed by atoms with E-state index >= 15 is 0 Å². The first-order valence-corrected chi connectivity index (χ1v) is 10.3. The van der Waals surface area contributed by atoms with E-state index in [0.29, 0.717) is 0 Å². The van der Waals surface area contributed by atoms with E-state index in [1.165, 1.54) is 40.6 Å². The van der Waals surface area contributed by atoms with E-state index in [-0.39, 0.29) is 5.41 Å². The molecule has 4 rings (SSSR count). The molecular weight excluding hydrogens is 340 g/mol. The van der Waals surface area contributed by atoms with Gasteiger partial charge in [-0.05, 0) is 37.4 Å². The SMILES string of the molecule is CCCC[N+]1=C(C=CNc2ccccc2)C(C)(C)c2ccc3ccccc3c21. The average molecular weight is 370 g/mol. The van der Waals surface area contributed by atoms with Crippen molar-refractivity contribution in [2.24, 2.45) is 0 Å². The lowest BCUT2D eigenvalue weighted by molar-refractivity contribution is -0.436. The Balaban J connectivity index is 1.81. The number of nitrogens with zero attached hydrogens (tertiary/aromatic N) is 1. The second kappa shape index (κ2) is 7.63. The summed E-state index contributed by atoms with van der Waals surface area (Å²) in [5.74, 6) is 0. The van der Waals surface area contributed by atoms with E-state index in [9.17, 15) is 0 Å². The van der Waals surface area contributed by atoms with Crippen LogP contribution in [0.1, 0.15) is 39.2 Å². The lowest BCUT2D eigenvalue weighted by atomic mass is 9.81. The maximum Gasteiger partial charge on any atom is 0.217 e. The van der Waals surface area contributed by atoms with Gasteiger partial charge in [-0.3, -0.25) is 0 Å². The molecule has 28 heavy (non-hydrogen) atoms. The molecule has 1 heterocycles. The molecule has 0 saturated heterocycles. The van der Waals surface area contributed by atoms with Gasteiger partial charge in [-0.15, -0.1) is 0 Å². The van der Waals surface area contributed by atoms with Gasteiger partial charge in [-0.25, -0.2) is 0 Å². The first kappa shape index (κ1) is 18.5. The van der Waals surface area contributed by atoms with E-state index < -0.39 is 0 Å². The predicted octanol–water partition coefficient (Wildman–Crippen LogP) is 6.64. The Morgan fingerprint density at radius 2 is 1.68 bits per heavy atom. The van der Waals surface area contributed by atoms with Crippen molar-refractivity contribution in [1.29, 1.82) is 0 Å². The molecule has 0 amide bonds. The highest BCUT2D eigenvalue weighted by Crippen LogP contribution is 2.44. The van der Waals surface area contributed by atoms with Crippen LogP contribution in [-0.2, 0) is 5.41 Å². The minimum atomic E-state index is -0.0258. The zero-order chi connectivity index (χ0) is 19.6. The number of benzene rings is 3. The van der Waals surface area contributed by atoms with Crippen LogP contribution in [0.25, 0.3) is 10.8 Å². The summed E-state index contributed by atoms with van der Waals surface area (Å²) in [6.07, 6.45) is 6.72. The summed E-state index contributed by atoms with van der Waals surface area (Å²) in [7, 11) is 0. The Morgan fingerprint density at radius 3 is 2.46 bits per heavy atom. The van der Waals surface area contributed by atoms with Crippen LogP contribution in [-0.4, -0.2) is 16.8 Å². The van der Waals surface area contributed by atoms with Gasteiger partial charge in [0.1, 0.15) is 6.54 Å². The summed E-state index contributed by atoms with van der Waals surface area (Å²) < 4.78 is 2.55. The molecule has 0 unspecified atom stereocenters. The highest BCUT2D eigenvalue weighted by molar-refractivity contribution is 6.07. The van der Waals surface area contributed by atoms with Crippen LogP contribution in [0.3, 0.4) is 0 Å². The number of fused-ring (bicyclic) bond motifs is 3. The summed E-state index contributed by atoms with van der Waals surface area (Å²) in [6.45, 7) is 7.99. The molecule has 2 nitrogen and oxygen atoms in total. The predicted molar refractivity (Wildman–Crippen MR) is 121 cm³/mol. The first-order chi connectivity index (χ1) is 13.6. The van der Waals surface area contributed by atoms with Gasteiger partial charge >= 0.3 is 0 Å². The fourth-order valence-corrected chi connectivity index (χ4v) is 4.24. The summed E-state index contributed by atoms with van der Waals surface area (Å²) in [5.41, 5.74) is 5.24. The number of anilines is 1. The molecular formula is C26H29N2+. The highest BCUT2D eigenvalue weighted by Gasteiger charge is 2.45. The molecule has 142 valence electrons. The molecule has 0 fully saturated rings. The molecule has 1 N–H and O–H groups in total. The van der Waals surface area contributed by atoms with E-state index in [1.54, 1.807) is 0 Å². The van der Waals surface area contributed by atoms with Gasteiger partial charge in [-0.2, -0.15) is 4.58 Å². The lowest BCUT2D eigenvalue weighted by Gasteiger charge is -2.15. The van der Waals surface area contributed by atoms with Crippen molar-refractivity contribution in [3.8, 4) is 0 Å². The molecule has 0 aromatic heterocycles. The monoisotopic (exact) mass is 369 g/mol. The molecule has 0 saturated carbocycles. The van der Waals surface area contributed by atoms with Gasteiger partial charge in [-0.1, -0.05) is 61.9 Å². The van der Waals surface area contributed by atoms with E-state index in [1.807, 2.05) is 6.07 Å². The maximum atomic E-state index is 3.42. The van der Waals surface area contributed by atoms with Crippen molar-refractivity contribution in [2.45, 2.75) is 39.0 Å². The van der Waals surface area contributed by atoms with Crippen LogP contribution in [0.4, 0.5) is 11.4 Å². The second-order valence-corrected chi connectivity index (χ2v) is 8.04. The zero-order valence-electron chi connectivity index (χ0n) is 17.1. The van der Waals surface area contributed by atoms with Gasteiger partial charge in [0.05, 0.1) is 10.8 Å². The zero-order valence-corrected chi connectivity index (χ0v) is 17.1. The van der Waals surface area contributed by atoms with Crippen molar-refractivity contribution in [1.82, 2.24) is 0 Å². The van der Waals surface area contributed by atoms with Gasteiger partial charge in [0.25, 0.3) is 0 Å². The van der Waals surface area contributed by atoms with Gasteiger partial charge in [0.15, 0.2) is 5.71 Å². The Bertz CT molecular complexity index is 1040. The number of hydrogen-bond donors (Lipinski definition) is 1. The summed E-state index contributed by atoms with van der Waals surface area (Å²) in [4.78, 5) is 0. The van der Waals surface area contributed by atoms with Crippen LogP contribution >= 0.6 is 0 Å². The van der Waals surface area contributed by atoms with Crippen molar-refractivity contribution in [3.63, 3.8) is 0 Å². The maximum absolute atomic E-state index is 3.42. The molecule has 2 heteroatoms. The highest BCUT2D eigenvalue weighted by atomic mass is 15.1. The van der Waals surface area contributed by atoms with Crippen LogP contribution in [0.15, 0.2) is 79.0 Å². The Hall–Kier alpha value is -2.87. The third kappa shape index (κ3) is 3.24. The number of allylic oxidation sites excluding steroid dienone is 1. The van der Waals surface area contributed by atoms with Gasteiger partial charge in [0, 0.05) is 29.9 Å². The smallest absolute Gasteiger partial charge is 0.217 e. The number of unbranched alkanes of at least 4 members (excludes halogenated alkanes) is 1. The largest absolute Gasteiger partial charge is 0.361 e. The lowest BCUT2D eigenvalue weighted by Crippen LogP contribution is -2.28.